The van der Waals surface area contributed by atoms with E-state index in [1.54, 1.807) is 0 Å². The van der Waals surface area contributed by atoms with Crippen molar-refractivity contribution < 1.29 is 14.3 Å². The molecule has 94 valence electrons. The molecule has 0 unspecified atom stereocenters. The molecule has 0 aliphatic heterocycles. The minimum atomic E-state index is -1.14. The van der Waals surface area contributed by atoms with Crippen LogP contribution in [0.5, 0.6) is 0 Å². The highest BCUT2D eigenvalue weighted by Crippen LogP contribution is 2.25. The first kappa shape index (κ1) is 14.0. The number of carbonyl (C=O) groups is 1. The molecular weight excluding hydrogens is 289 g/mol. The van der Waals surface area contributed by atoms with Crippen LogP contribution in [0.1, 0.15) is 36.5 Å². The summed E-state index contributed by atoms with van der Waals surface area (Å²) in [6.07, 6.45) is 2.99. The van der Waals surface area contributed by atoms with Crippen LogP contribution in [0.25, 0.3) is 0 Å². The zero-order valence-electron chi connectivity index (χ0n) is 9.59. The maximum atomic E-state index is 13.6. The fourth-order valence-electron chi connectivity index (χ4n) is 1.51. The first-order valence-corrected chi connectivity index (χ1v) is 6.31. The lowest BCUT2D eigenvalue weighted by atomic mass is 10.1. The molecule has 0 aromatic heterocycles. The molecule has 0 atom stereocenters. The minimum absolute atomic E-state index is 0.0478. The smallest absolute Gasteiger partial charge is 0.337 e. The van der Waals surface area contributed by atoms with Crippen LogP contribution in [0, 0.1) is 5.82 Å². The summed E-state index contributed by atoms with van der Waals surface area (Å²) in [7, 11) is 0. The fraction of sp³-hybridized carbons (Fsp3) is 0.417. The van der Waals surface area contributed by atoms with Crippen molar-refractivity contribution in [3.63, 3.8) is 0 Å². The number of anilines is 1. The second-order valence-electron chi connectivity index (χ2n) is 3.75. The maximum absolute atomic E-state index is 13.6. The summed E-state index contributed by atoms with van der Waals surface area (Å²) in [6, 6.07) is 2.65. The normalized spacial score (nSPS) is 10.3. The van der Waals surface area contributed by atoms with E-state index in [4.69, 9.17) is 5.11 Å². The van der Waals surface area contributed by atoms with E-state index >= 15 is 0 Å². The minimum Gasteiger partial charge on any atom is -0.478 e. The second kappa shape index (κ2) is 6.59. The van der Waals surface area contributed by atoms with Gasteiger partial charge in [0.05, 0.1) is 11.3 Å². The van der Waals surface area contributed by atoms with Gasteiger partial charge < -0.3 is 10.4 Å². The zero-order valence-corrected chi connectivity index (χ0v) is 11.2. The lowest BCUT2D eigenvalue weighted by Gasteiger charge is -2.11. The van der Waals surface area contributed by atoms with E-state index in [0.717, 1.165) is 19.3 Å². The number of carboxylic acids is 1. The molecule has 0 aliphatic carbocycles. The Morgan fingerprint density at radius 1 is 1.47 bits per heavy atom. The Morgan fingerprint density at radius 3 is 2.76 bits per heavy atom. The largest absolute Gasteiger partial charge is 0.478 e. The Kier molecular flexibility index (Phi) is 5.41. The second-order valence-corrected chi connectivity index (χ2v) is 4.66. The average molecular weight is 304 g/mol. The van der Waals surface area contributed by atoms with Crippen molar-refractivity contribution in [3.05, 3.63) is 28.0 Å². The van der Waals surface area contributed by atoms with Gasteiger partial charge in [0, 0.05) is 11.0 Å². The first-order valence-electron chi connectivity index (χ1n) is 5.52. The van der Waals surface area contributed by atoms with Crippen molar-refractivity contribution in [2.24, 2.45) is 0 Å². The van der Waals surface area contributed by atoms with Gasteiger partial charge in [-0.15, -0.1) is 0 Å². The van der Waals surface area contributed by atoms with E-state index in [2.05, 4.69) is 28.2 Å². The molecule has 5 heteroatoms. The van der Waals surface area contributed by atoms with Gasteiger partial charge in [-0.2, -0.15) is 0 Å². The predicted octanol–water partition coefficient (Wildman–Crippen LogP) is 3.89. The molecule has 3 nitrogen and oxygen atoms in total. The van der Waals surface area contributed by atoms with Crippen molar-refractivity contribution in [2.45, 2.75) is 26.2 Å². The van der Waals surface area contributed by atoms with Crippen molar-refractivity contribution in [1.82, 2.24) is 0 Å². The molecule has 0 amide bonds. The topological polar surface area (TPSA) is 49.3 Å². The Labute approximate surface area is 108 Å². The third-order valence-electron chi connectivity index (χ3n) is 2.37. The molecule has 0 aliphatic rings. The summed E-state index contributed by atoms with van der Waals surface area (Å²) in [4.78, 5) is 11.0. The lowest BCUT2D eigenvalue weighted by molar-refractivity contribution is 0.0697. The van der Waals surface area contributed by atoms with Crippen LogP contribution in [0.2, 0.25) is 0 Å². The van der Waals surface area contributed by atoms with Crippen molar-refractivity contribution in [1.29, 1.82) is 0 Å². The van der Waals surface area contributed by atoms with Crippen LogP contribution in [0.4, 0.5) is 10.1 Å². The summed E-state index contributed by atoms with van der Waals surface area (Å²) >= 11 is 3.08. The Morgan fingerprint density at radius 2 is 2.18 bits per heavy atom. The third-order valence-corrected chi connectivity index (χ3v) is 2.83. The number of unbranched alkanes of at least 4 members (excludes halogenated alkanes) is 2. The van der Waals surface area contributed by atoms with Crippen molar-refractivity contribution in [3.8, 4) is 0 Å². The molecule has 1 aromatic carbocycles. The van der Waals surface area contributed by atoms with Crippen LogP contribution in [-0.4, -0.2) is 17.6 Å². The van der Waals surface area contributed by atoms with Gasteiger partial charge in [0.25, 0.3) is 0 Å². The Bertz CT molecular complexity index is 410. The molecule has 17 heavy (non-hydrogen) atoms. The summed E-state index contributed by atoms with van der Waals surface area (Å²) < 4.78 is 14.0. The standard InChI is InChI=1S/C12H15BrFNO2/c1-2-3-4-5-15-11-9(12(16)17)6-8(13)7-10(11)14/h6-7,15H,2-5H2,1H3,(H,16,17). The van der Waals surface area contributed by atoms with Crippen molar-refractivity contribution in [2.75, 3.05) is 11.9 Å². The van der Waals surface area contributed by atoms with Gasteiger partial charge in [0.1, 0.15) is 5.82 Å². The van der Waals surface area contributed by atoms with Gasteiger partial charge in [0.15, 0.2) is 0 Å². The van der Waals surface area contributed by atoms with Gasteiger partial charge in [-0.3, -0.25) is 0 Å². The van der Waals surface area contributed by atoms with E-state index in [9.17, 15) is 9.18 Å². The molecule has 0 fully saturated rings. The van der Waals surface area contributed by atoms with Gasteiger partial charge in [-0.1, -0.05) is 35.7 Å². The molecule has 0 bridgehead atoms. The summed E-state index contributed by atoms with van der Waals surface area (Å²) in [5.74, 6) is -1.68. The molecule has 0 radical (unpaired) electrons. The number of halogens is 2. The highest BCUT2D eigenvalue weighted by Gasteiger charge is 2.15. The Hall–Kier alpha value is -1.10. The highest BCUT2D eigenvalue weighted by molar-refractivity contribution is 9.10. The number of benzene rings is 1. The number of hydrogen-bond acceptors (Lipinski definition) is 2. The number of aromatic carboxylic acids is 1. The van der Waals surface area contributed by atoms with Gasteiger partial charge in [0.2, 0.25) is 0 Å². The van der Waals surface area contributed by atoms with Gasteiger partial charge in [-0.25, -0.2) is 9.18 Å². The van der Waals surface area contributed by atoms with E-state index in [0.29, 0.717) is 11.0 Å². The number of rotatable bonds is 6. The third kappa shape index (κ3) is 4.00. The molecule has 1 rings (SSSR count). The molecular formula is C12H15BrFNO2. The predicted molar refractivity (Wildman–Crippen MR) is 69.1 cm³/mol. The van der Waals surface area contributed by atoms with E-state index in [1.165, 1.54) is 12.1 Å². The average Bonchev–Trinajstić information content (AvgIpc) is 2.25. The molecule has 1 aromatic rings. The van der Waals surface area contributed by atoms with Crippen LogP contribution in [0.15, 0.2) is 16.6 Å². The van der Waals surface area contributed by atoms with Crippen LogP contribution >= 0.6 is 15.9 Å². The zero-order chi connectivity index (χ0) is 12.8. The molecule has 0 saturated carbocycles. The van der Waals surface area contributed by atoms with E-state index in [-0.39, 0.29) is 11.3 Å². The molecule has 2 N–H and O–H groups in total. The van der Waals surface area contributed by atoms with E-state index < -0.39 is 11.8 Å². The quantitative estimate of drug-likeness (QED) is 0.784. The SMILES string of the molecule is CCCCCNc1c(F)cc(Br)cc1C(=O)O. The van der Waals surface area contributed by atoms with Gasteiger partial charge in [-0.05, 0) is 18.6 Å². The van der Waals surface area contributed by atoms with Crippen LogP contribution in [-0.2, 0) is 0 Å². The highest BCUT2D eigenvalue weighted by atomic mass is 79.9. The fourth-order valence-corrected chi connectivity index (χ4v) is 1.94. The molecule has 0 spiro atoms. The lowest BCUT2D eigenvalue weighted by Crippen LogP contribution is -2.09. The van der Waals surface area contributed by atoms with Gasteiger partial charge >= 0.3 is 5.97 Å². The van der Waals surface area contributed by atoms with Crippen LogP contribution in [0.3, 0.4) is 0 Å². The number of carboxylic acid groups (broad SMARTS) is 1. The van der Waals surface area contributed by atoms with Crippen LogP contribution < -0.4 is 5.32 Å². The maximum Gasteiger partial charge on any atom is 0.337 e. The number of nitrogens with one attached hydrogen (secondary N) is 1. The monoisotopic (exact) mass is 303 g/mol. The summed E-state index contributed by atoms with van der Waals surface area (Å²) in [5, 5.41) is 11.8. The van der Waals surface area contributed by atoms with Crippen molar-refractivity contribution >= 4 is 27.6 Å². The first-order chi connectivity index (χ1) is 8.06. The number of hydrogen-bond donors (Lipinski definition) is 2. The van der Waals surface area contributed by atoms with E-state index in [1.807, 2.05) is 0 Å². The summed E-state index contributed by atoms with van der Waals surface area (Å²) in [6.45, 7) is 2.65. The molecule has 0 saturated heterocycles. The Balaban J connectivity index is 2.85. The summed E-state index contributed by atoms with van der Waals surface area (Å²) in [5.41, 5.74) is 0.0187. The molecule has 0 heterocycles.